The summed E-state index contributed by atoms with van der Waals surface area (Å²) in [6.45, 7) is 2.26. The number of rotatable bonds is 10. The van der Waals surface area contributed by atoms with Crippen LogP contribution in [0.3, 0.4) is 0 Å². The lowest BCUT2D eigenvalue weighted by Gasteiger charge is -2.30. The lowest BCUT2D eigenvalue weighted by atomic mass is 10.1. The van der Waals surface area contributed by atoms with Crippen molar-refractivity contribution in [3.05, 3.63) is 23.8 Å². The van der Waals surface area contributed by atoms with Crippen molar-refractivity contribution in [3.8, 4) is 11.5 Å². The second-order valence-corrected chi connectivity index (χ2v) is 6.64. The molecule has 0 unspecified atom stereocenters. The molecule has 0 saturated heterocycles. The van der Waals surface area contributed by atoms with E-state index >= 15 is 0 Å². The quantitative estimate of drug-likeness (QED) is 0.377. The van der Waals surface area contributed by atoms with Crippen LogP contribution in [-0.4, -0.2) is 58.8 Å². The molecule has 0 spiro atoms. The summed E-state index contributed by atoms with van der Waals surface area (Å²) >= 11 is 1.53. The van der Waals surface area contributed by atoms with Crippen LogP contribution in [0.15, 0.2) is 18.2 Å². The van der Waals surface area contributed by atoms with Gasteiger partial charge < -0.3 is 18.1 Å². The van der Waals surface area contributed by atoms with Crippen molar-refractivity contribution in [2.75, 3.05) is 54.3 Å². The Kier molecular flexibility index (Phi) is 7.93. The van der Waals surface area contributed by atoms with E-state index in [1.54, 1.807) is 21.3 Å². The normalized spacial score (nSPS) is 11.5. The molecule has 1 aromatic rings. The summed E-state index contributed by atoms with van der Waals surface area (Å²) in [5.41, 5.74) is 1.28. The Morgan fingerprint density at radius 1 is 1.00 bits per heavy atom. The van der Waals surface area contributed by atoms with Crippen LogP contribution in [-0.2, 0) is 10.6 Å². The average Bonchev–Trinajstić information content (AvgIpc) is 2.49. The van der Waals surface area contributed by atoms with E-state index in [0.717, 1.165) is 47.7 Å². The molecule has 0 N–H and O–H groups in total. The predicted octanol–water partition coefficient (Wildman–Crippen LogP) is 3.01. The maximum atomic E-state index is 5.35. The minimum absolute atomic E-state index is 0.784. The molecule has 0 amide bonds. The Bertz CT molecular complexity index is 424. The third kappa shape index (κ3) is 6.59. The van der Waals surface area contributed by atoms with Crippen molar-refractivity contribution in [3.63, 3.8) is 0 Å². The maximum Gasteiger partial charge on any atom is 0.160 e. The topological polar surface area (TPSA) is 27.7 Å². The van der Waals surface area contributed by atoms with Gasteiger partial charge in [0, 0.05) is 18.6 Å². The summed E-state index contributed by atoms with van der Waals surface area (Å²) < 4.78 is 16.7. The van der Waals surface area contributed by atoms with Gasteiger partial charge in [-0.2, -0.15) is 0 Å². The first-order valence-corrected chi connectivity index (χ1v) is 8.12. The lowest BCUT2D eigenvalue weighted by Crippen LogP contribution is -2.42. The average molecular weight is 314 g/mol. The Hall–Kier alpha value is -0.910. The number of hydrogen-bond acceptors (Lipinski definition) is 4. The van der Waals surface area contributed by atoms with Crippen molar-refractivity contribution in [2.45, 2.75) is 12.8 Å². The number of nitrogens with zero attached hydrogens (tertiary/aromatic N) is 1. The van der Waals surface area contributed by atoms with Crippen molar-refractivity contribution >= 4 is 12.0 Å². The minimum Gasteiger partial charge on any atom is -0.493 e. The molecule has 21 heavy (non-hydrogen) atoms. The molecule has 0 atom stereocenters. The molecule has 0 saturated carbocycles. The number of benzene rings is 1. The molecule has 5 heteroatoms. The highest BCUT2D eigenvalue weighted by Gasteiger charge is 2.15. The lowest BCUT2D eigenvalue weighted by molar-refractivity contribution is -0.890. The highest BCUT2D eigenvalue weighted by Crippen LogP contribution is 2.27. The monoisotopic (exact) mass is 314 g/mol. The molecule has 0 aliphatic rings. The van der Waals surface area contributed by atoms with Crippen molar-refractivity contribution in [2.24, 2.45) is 0 Å². The van der Waals surface area contributed by atoms with Gasteiger partial charge in [-0.1, -0.05) is 6.07 Å². The van der Waals surface area contributed by atoms with Gasteiger partial charge in [0.05, 0.1) is 48.5 Å². The number of quaternary nitrogens is 1. The van der Waals surface area contributed by atoms with E-state index in [1.165, 1.54) is 17.6 Å². The molecule has 120 valence electrons. The maximum absolute atomic E-state index is 5.35. The first kappa shape index (κ1) is 18.1. The van der Waals surface area contributed by atoms with Crippen LogP contribution in [0.1, 0.15) is 12.0 Å². The summed E-state index contributed by atoms with van der Waals surface area (Å²) in [7, 11) is 9.61. The Morgan fingerprint density at radius 2 is 1.71 bits per heavy atom. The highest BCUT2D eigenvalue weighted by atomic mass is 32.2. The summed E-state index contributed by atoms with van der Waals surface area (Å²) in [6, 6.07) is 6.16. The Morgan fingerprint density at radius 3 is 2.33 bits per heavy atom. The van der Waals surface area contributed by atoms with E-state index in [2.05, 4.69) is 26.2 Å². The summed E-state index contributed by atoms with van der Waals surface area (Å²) in [6.07, 6.45) is 2.20. The van der Waals surface area contributed by atoms with Gasteiger partial charge in [0.15, 0.2) is 11.5 Å². The van der Waals surface area contributed by atoms with E-state index in [-0.39, 0.29) is 0 Å². The second-order valence-electron chi connectivity index (χ2n) is 5.66. The van der Waals surface area contributed by atoms with E-state index in [0.29, 0.717) is 0 Å². The molecular weight excluding hydrogens is 286 g/mol. The first-order valence-electron chi connectivity index (χ1n) is 7.21. The zero-order valence-corrected chi connectivity index (χ0v) is 14.7. The molecule has 0 fully saturated rings. The minimum atomic E-state index is 0.784. The first-order chi connectivity index (χ1) is 10.0. The third-order valence-electron chi connectivity index (χ3n) is 3.56. The van der Waals surface area contributed by atoms with Crippen molar-refractivity contribution in [1.82, 2.24) is 0 Å². The van der Waals surface area contributed by atoms with Gasteiger partial charge in [0.2, 0.25) is 0 Å². The molecule has 1 rings (SSSR count). The van der Waals surface area contributed by atoms with E-state index < -0.39 is 0 Å². The standard InChI is InChI=1S/C16H28NO3S/c1-17(2,10-6-12-21-20-5)11-9-14-7-8-15(18-3)16(13-14)19-4/h7-8,13H,6,9-12H2,1-5H3/q+1. The summed E-state index contributed by atoms with van der Waals surface area (Å²) in [4.78, 5) is 0. The van der Waals surface area contributed by atoms with E-state index in [1.807, 2.05) is 6.07 Å². The van der Waals surface area contributed by atoms with Crippen LogP contribution in [0, 0.1) is 0 Å². The van der Waals surface area contributed by atoms with Crippen molar-refractivity contribution < 1.29 is 18.1 Å². The fraction of sp³-hybridized carbons (Fsp3) is 0.625. The van der Waals surface area contributed by atoms with Crippen molar-refractivity contribution in [1.29, 1.82) is 0 Å². The van der Waals surface area contributed by atoms with Gasteiger partial charge >= 0.3 is 0 Å². The number of methoxy groups -OCH3 is 2. The van der Waals surface area contributed by atoms with Gasteiger partial charge in [-0.15, -0.1) is 0 Å². The second kappa shape index (κ2) is 9.18. The van der Waals surface area contributed by atoms with Crippen LogP contribution < -0.4 is 9.47 Å². The number of hydrogen-bond donors (Lipinski definition) is 0. The number of ether oxygens (including phenoxy) is 2. The fourth-order valence-corrected chi connectivity index (χ4v) is 2.63. The van der Waals surface area contributed by atoms with Gasteiger partial charge in [-0.25, -0.2) is 0 Å². The SMILES string of the molecule is COSCCC[N+](C)(C)CCc1ccc(OC)c(OC)c1. The van der Waals surface area contributed by atoms with Gasteiger partial charge in [0.25, 0.3) is 0 Å². The Labute approximate surface area is 133 Å². The smallest absolute Gasteiger partial charge is 0.160 e. The number of likely N-dealkylation sites (N-methyl/N-ethyl adjacent to an activating group) is 1. The largest absolute Gasteiger partial charge is 0.493 e. The van der Waals surface area contributed by atoms with Crippen LogP contribution in [0.25, 0.3) is 0 Å². The molecular formula is C16H28NO3S+. The van der Waals surface area contributed by atoms with Crippen LogP contribution >= 0.6 is 12.0 Å². The molecule has 0 aliphatic heterocycles. The van der Waals surface area contributed by atoms with Crippen LogP contribution in [0.2, 0.25) is 0 Å². The highest BCUT2D eigenvalue weighted by molar-refractivity contribution is 7.94. The molecule has 0 aliphatic carbocycles. The molecule has 0 heterocycles. The van der Waals surface area contributed by atoms with Gasteiger partial charge in [-0.3, -0.25) is 0 Å². The van der Waals surface area contributed by atoms with Gasteiger partial charge in [0.1, 0.15) is 0 Å². The van der Waals surface area contributed by atoms with Crippen LogP contribution in [0.4, 0.5) is 0 Å². The molecule has 0 bridgehead atoms. The van der Waals surface area contributed by atoms with E-state index in [4.69, 9.17) is 13.7 Å². The molecule has 0 aromatic heterocycles. The summed E-state index contributed by atoms with van der Waals surface area (Å²) in [5, 5.41) is 0. The molecule has 4 nitrogen and oxygen atoms in total. The fourth-order valence-electron chi connectivity index (χ4n) is 2.21. The molecule has 1 aromatic carbocycles. The zero-order valence-electron chi connectivity index (χ0n) is 13.8. The molecule has 0 radical (unpaired) electrons. The summed E-state index contributed by atoms with van der Waals surface area (Å²) in [5.74, 6) is 2.64. The third-order valence-corrected chi connectivity index (χ3v) is 4.25. The predicted molar refractivity (Wildman–Crippen MR) is 89.2 cm³/mol. The van der Waals surface area contributed by atoms with Gasteiger partial charge in [-0.05, 0) is 29.7 Å². The Balaban J connectivity index is 2.49. The van der Waals surface area contributed by atoms with Crippen LogP contribution in [0.5, 0.6) is 11.5 Å². The zero-order chi connectivity index (χ0) is 15.7. The van der Waals surface area contributed by atoms with E-state index in [9.17, 15) is 0 Å².